The van der Waals surface area contributed by atoms with E-state index in [-0.39, 0.29) is 59.4 Å². The molecule has 3 aromatic heterocycles. The quantitative estimate of drug-likeness (QED) is 0.0202. The predicted octanol–water partition coefficient (Wildman–Crippen LogP) is 8.54. The first-order valence-corrected chi connectivity index (χ1v) is 29.7. The van der Waals surface area contributed by atoms with Gasteiger partial charge in [0.05, 0.1) is 44.8 Å². The van der Waals surface area contributed by atoms with Crippen molar-refractivity contribution in [3.63, 3.8) is 0 Å². The molecule has 4 N–H and O–H groups in total. The van der Waals surface area contributed by atoms with Gasteiger partial charge in [-0.25, -0.2) is 14.3 Å². The number of anilines is 2. The van der Waals surface area contributed by atoms with Gasteiger partial charge in [-0.15, -0.1) is 0 Å². The van der Waals surface area contributed by atoms with Gasteiger partial charge >= 0.3 is 12.5 Å². The Labute approximate surface area is 483 Å². The van der Waals surface area contributed by atoms with E-state index in [9.17, 15) is 34.4 Å². The first-order valence-electron chi connectivity index (χ1n) is 26.5. The number of carbonyl (C=O) groups is 2. The minimum Gasteiger partial charge on any atom is -0.497 e. The number of aliphatic hydroxyl groups is 1. The highest BCUT2D eigenvalue weighted by Gasteiger charge is 2.47. The molecule has 8 aromatic rings. The van der Waals surface area contributed by atoms with Gasteiger partial charge in [0.25, 0.3) is 17.2 Å². The summed E-state index contributed by atoms with van der Waals surface area (Å²) in [4.78, 5) is 79.7. The normalized spacial score (nSPS) is 19.5. The Hall–Kier alpha value is -8.39. The Morgan fingerprint density at radius 3 is 2.07 bits per heavy atom. The summed E-state index contributed by atoms with van der Waals surface area (Å²) in [5.41, 5.74) is -0.522. The first-order chi connectivity index (χ1) is 40.5. The lowest BCUT2D eigenvalue weighted by Gasteiger charge is -2.37. The molecule has 84 heavy (non-hydrogen) atoms. The molecule has 7 atom stereocenters. The SMILES string of the molecule is COc1ccc(C(OC[C@H]2O[C@@H](n3cnc4c(=O)[nH]c(NC(=O)C(C)C)nc43)C[C@@H]2OP(=O)(OC[C@H]2O[C@@H](n3ccc(NC(=O)c4ccccc4)nc3=O)C[C@@H]2O)SCc2ccccc2[N+](=O)[O-])(c2ccccc2)c2ccc(OC)cc2)cc1. The van der Waals surface area contributed by atoms with Gasteiger partial charge in [-0.2, -0.15) is 9.97 Å². The summed E-state index contributed by atoms with van der Waals surface area (Å²) < 4.78 is 62.9. The summed E-state index contributed by atoms with van der Waals surface area (Å²) >= 11 is 0.653. The van der Waals surface area contributed by atoms with Crippen molar-refractivity contribution in [2.24, 2.45) is 5.92 Å². The molecule has 2 aliphatic rings. The number of methoxy groups -OCH3 is 2. The van der Waals surface area contributed by atoms with Crippen LogP contribution in [0, 0.1) is 16.0 Å². The van der Waals surface area contributed by atoms with Crippen LogP contribution in [0.5, 0.6) is 11.5 Å². The van der Waals surface area contributed by atoms with Crippen molar-refractivity contribution in [1.82, 2.24) is 29.1 Å². The Morgan fingerprint density at radius 1 is 0.810 bits per heavy atom. The molecule has 0 bridgehead atoms. The van der Waals surface area contributed by atoms with E-state index in [0.29, 0.717) is 45.1 Å². The van der Waals surface area contributed by atoms with E-state index in [2.05, 4.69) is 30.6 Å². The molecule has 26 heteroatoms. The standard InChI is InChI=1S/C58H58N9O15PS/c1-35(2)53(69)63-56-62-52-51(55(71)64-56)59-34-66(52)50-30-45(47(81-50)31-78-58(38-16-9-6-10-17-38,39-19-23-41(76-3)24-20-39)40-21-25-42(77-4)26-22-40)82-83(75,84-33-37-15-11-12-18-43(37)67(73)74)79-32-46-44(68)29-49(80-46)65-28-27-48(61-57(65)72)60-54(70)36-13-7-5-8-14-36/h5-28,34-35,44-47,49-50,68H,29-33H2,1-4H3,(H,60,61,70,72)(H2,62,63,64,69,71)/t44-,45-,46+,47+,49+,50+,83?/m0/s1. The van der Waals surface area contributed by atoms with E-state index in [1.807, 2.05) is 54.6 Å². The maximum atomic E-state index is 15.8. The lowest BCUT2D eigenvalue weighted by molar-refractivity contribution is -0.385. The fourth-order valence-corrected chi connectivity index (χ4v) is 13.2. The number of para-hydroxylation sites is 1. The highest BCUT2D eigenvalue weighted by molar-refractivity contribution is 8.54. The van der Waals surface area contributed by atoms with E-state index in [1.165, 1.54) is 41.4 Å². The molecule has 0 spiro atoms. The van der Waals surface area contributed by atoms with Crippen molar-refractivity contribution in [2.75, 3.05) is 38.1 Å². The Kier molecular flexibility index (Phi) is 17.9. The van der Waals surface area contributed by atoms with Crippen molar-refractivity contribution < 1.29 is 56.9 Å². The molecule has 0 saturated carbocycles. The van der Waals surface area contributed by atoms with E-state index >= 15 is 4.57 Å². The number of nitrogens with one attached hydrogen (secondary N) is 3. The second kappa shape index (κ2) is 25.6. The molecule has 5 heterocycles. The van der Waals surface area contributed by atoms with Crippen molar-refractivity contribution in [1.29, 1.82) is 0 Å². The van der Waals surface area contributed by atoms with Crippen LogP contribution in [0.3, 0.4) is 0 Å². The first kappa shape index (κ1) is 58.8. The van der Waals surface area contributed by atoms with Gasteiger partial charge in [0.1, 0.15) is 53.7 Å². The third-order valence-corrected chi connectivity index (χ3v) is 17.8. The van der Waals surface area contributed by atoms with Gasteiger partial charge in [-0.1, -0.05) is 105 Å². The zero-order chi connectivity index (χ0) is 59.1. The Morgan fingerprint density at radius 2 is 1.43 bits per heavy atom. The number of imidazole rings is 1. The van der Waals surface area contributed by atoms with Crippen LogP contribution in [0.4, 0.5) is 17.5 Å². The molecule has 2 saturated heterocycles. The van der Waals surface area contributed by atoms with Gasteiger partial charge in [0.2, 0.25) is 11.9 Å². The molecular weight excluding hydrogens is 1130 g/mol. The van der Waals surface area contributed by atoms with Crippen LogP contribution < -0.4 is 31.4 Å². The van der Waals surface area contributed by atoms with Crippen molar-refractivity contribution in [3.05, 3.63) is 211 Å². The lowest BCUT2D eigenvalue weighted by Crippen LogP contribution is -2.38. The average Bonchev–Trinajstić information content (AvgIpc) is 2.37. The number of aromatic nitrogens is 6. The van der Waals surface area contributed by atoms with Crippen LogP contribution in [-0.2, 0) is 44.0 Å². The number of fused-ring (bicyclic) bond motifs is 1. The fourth-order valence-electron chi connectivity index (χ4n) is 9.77. The number of aliphatic hydroxyl groups excluding tert-OH is 1. The summed E-state index contributed by atoms with van der Waals surface area (Å²) in [5.74, 6) is -0.588. The number of amides is 2. The average molecular weight is 1180 g/mol. The van der Waals surface area contributed by atoms with Crippen molar-refractivity contribution in [2.45, 2.75) is 74.9 Å². The lowest BCUT2D eigenvalue weighted by atomic mass is 9.80. The number of ether oxygens (including phenoxy) is 5. The minimum atomic E-state index is -4.62. The maximum Gasteiger partial charge on any atom is 0.389 e. The highest BCUT2D eigenvalue weighted by atomic mass is 32.7. The molecule has 1 unspecified atom stereocenters. The number of hydrogen-bond donors (Lipinski definition) is 4. The van der Waals surface area contributed by atoms with E-state index in [0.717, 1.165) is 4.57 Å². The van der Waals surface area contributed by atoms with E-state index in [1.54, 1.807) is 88.7 Å². The fraction of sp³-hybridized carbons (Fsp3) is 0.293. The van der Waals surface area contributed by atoms with Crippen LogP contribution in [0.15, 0.2) is 162 Å². The molecule has 0 aliphatic carbocycles. The Bertz CT molecular complexity index is 3770. The smallest absolute Gasteiger partial charge is 0.389 e. The molecule has 0 radical (unpaired) electrons. The van der Waals surface area contributed by atoms with Crippen LogP contribution in [0.2, 0.25) is 0 Å². The monoisotopic (exact) mass is 1180 g/mol. The summed E-state index contributed by atoms with van der Waals surface area (Å²) in [6.45, 7) is -2.12. The number of hydrogen-bond acceptors (Lipinski definition) is 19. The molecule has 5 aromatic carbocycles. The highest BCUT2D eigenvalue weighted by Crippen LogP contribution is 2.64. The summed E-state index contributed by atoms with van der Waals surface area (Å²) in [6, 6.07) is 39.9. The summed E-state index contributed by atoms with van der Waals surface area (Å²) in [5, 5.41) is 28.9. The Balaban J connectivity index is 0.998. The number of nitrogens with zero attached hydrogens (tertiary/aromatic N) is 6. The number of nitro benzene ring substituents is 1. The zero-order valence-electron chi connectivity index (χ0n) is 45.7. The number of carbonyl (C=O) groups excluding carboxylic acids is 2. The van der Waals surface area contributed by atoms with Gasteiger partial charge in [-0.3, -0.25) is 53.0 Å². The van der Waals surface area contributed by atoms with Crippen LogP contribution in [0.1, 0.15) is 71.8 Å². The maximum absolute atomic E-state index is 15.8. The zero-order valence-corrected chi connectivity index (χ0v) is 47.4. The minimum absolute atomic E-state index is 0.0163. The molecule has 2 amide bonds. The number of aromatic amines is 1. The third kappa shape index (κ3) is 12.9. The number of H-pyrrole nitrogens is 1. The summed E-state index contributed by atoms with van der Waals surface area (Å²) in [7, 11) is 3.12. The van der Waals surface area contributed by atoms with E-state index < -0.39 is 89.8 Å². The largest absolute Gasteiger partial charge is 0.497 e. The molecular formula is C58H58N9O15PS. The van der Waals surface area contributed by atoms with Gasteiger partial charge < -0.3 is 34.1 Å². The van der Waals surface area contributed by atoms with Gasteiger partial charge in [0, 0.05) is 47.9 Å². The van der Waals surface area contributed by atoms with E-state index in [4.69, 9.17) is 32.7 Å². The number of benzene rings is 5. The van der Waals surface area contributed by atoms with Gasteiger partial charge in [-0.05, 0) is 70.5 Å². The van der Waals surface area contributed by atoms with Crippen molar-refractivity contribution >= 4 is 58.6 Å². The summed E-state index contributed by atoms with van der Waals surface area (Å²) in [6.07, 6.45) is -4.53. The molecule has 2 fully saturated rings. The van der Waals surface area contributed by atoms with Gasteiger partial charge in [0.15, 0.2) is 11.2 Å². The van der Waals surface area contributed by atoms with Crippen LogP contribution >= 0.6 is 18.2 Å². The predicted molar refractivity (Wildman–Crippen MR) is 309 cm³/mol. The topological polar surface area (TPSA) is 302 Å². The second-order valence-electron chi connectivity index (χ2n) is 19.9. The van der Waals surface area contributed by atoms with Crippen LogP contribution in [0.25, 0.3) is 11.2 Å². The molecule has 436 valence electrons. The third-order valence-electron chi connectivity index (χ3n) is 14.2. The van der Waals surface area contributed by atoms with Crippen molar-refractivity contribution in [3.8, 4) is 11.5 Å². The molecule has 10 rings (SSSR count). The second-order valence-corrected chi connectivity index (χ2v) is 23.9. The molecule has 2 aliphatic heterocycles. The number of nitro groups is 1. The van der Waals surface area contributed by atoms with Crippen LogP contribution in [-0.4, -0.2) is 103 Å². The number of rotatable bonds is 23. The molecule has 24 nitrogen and oxygen atoms in total.